The van der Waals surface area contributed by atoms with Crippen LogP contribution in [0.25, 0.3) is 11.4 Å². The molecule has 28 heavy (non-hydrogen) atoms. The highest BCUT2D eigenvalue weighted by molar-refractivity contribution is 9.10. The van der Waals surface area contributed by atoms with Crippen molar-refractivity contribution in [2.75, 3.05) is 12.9 Å². The predicted molar refractivity (Wildman–Crippen MR) is 114 cm³/mol. The summed E-state index contributed by atoms with van der Waals surface area (Å²) >= 11 is 4.75. The van der Waals surface area contributed by atoms with Crippen LogP contribution in [0.1, 0.15) is 5.56 Å². The molecule has 0 fully saturated rings. The van der Waals surface area contributed by atoms with E-state index in [1.807, 2.05) is 60.1 Å². The second kappa shape index (κ2) is 9.52. The number of halogens is 1. The fourth-order valence-electron chi connectivity index (χ4n) is 2.43. The summed E-state index contributed by atoms with van der Waals surface area (Å²) < 4.78 is 8.06. The molecule has 0 bridgehead atoms. The molecule has 2 aromatic carbocycles. The minimum atomic E-state index is -0.233. The smallest absolute Gasteiger partial charge is 0.250 e. The highest BCUT2D eigenvalue weighted by Crippen LogP contribution is 2.24. The van der Waals surface area contributed by atoms with Gasteiger partial charge in [-0.25, -0.2) is 5.43 Å². The highest BCUT2D eigenvalue weighted by Gasteiger charge is 2.13. The first kappa shape index (κ1) is 20.1. The minimum Gasteiger partial charge on any atom is -0.496 e. The van der Waals surface area contributed by atoms with Crippen molar-refractivity contribution in [3.63, 3.8) is 0 Å². The second-order valence-electron chi connectivity index (χ2n) is 5.70. The van der Waals surface area contributed by atoms with E-state index in [1.54, 1.807) is 13.3 Å². The van der Waals surface area contributed by atoms with Crippen molar-refractivity contribution in [3.05, 3.63) is 58.6 Å². The summed E-state index contributed by atoms with van der Waals surface area (Å²) in [5.74, 6) is 1.36. The molecule has 0 saturated heterocycles. The van der Waals surface area contributed by atoms with Crippen LogP contribution in [0.5, 0.6) is 5.75 Å². The number of para-hydroxylation sites is 1. The lowest BCUT2D eigenvalue weighted by atomic mass is 10.2. The number of hydrazone groups is 1. The topological polar surface area (TPSA) is 81.4 Å². The lowest BCUT2D eigenvalue weighted by Crippen LogP contribution is -2.20. The molecule has 0 radical (unpaired) electrons. The summed E-state index contributed by atoms with van der Waals surface area (Å²) in [5.41, 5.74) is 4.24. The molecule has 0 saturated carbocycles. The van der Waals surface area contributed by atoms with E-state index in [9.17, 15) is 4.79 Å². The van der Waals surface area contributed by atoms with Crippen LogP contribution < -0.4 is 10.2 Å². The number of carbonyl (C=O) groups is 1. The van der Waals surface area contributed by atoms with Crippen LogP contribution in [0, 0.1) is 0 Å². The van der Waals surface area contributed by atoms with E-state index in [4.69, 9.17) is 4.74 Å². The SMILES string of the molecule is COc1ccccc1/C=N/NC(=O)CSc1nnc(-c2cccc(Br)c2)n1C. The third kappa shape index (κ3) is 4.99. The number of rotatable bonds is 7. The zero-order valence-corrected chi connectivity index (χ0v) is 17.7. The Hall–Kier alpha value is -2.65. The third-order valence-electron chi connectivity index (χ3n) is 3.78. The van der Waals surface area contributed by atoms with E-state index in [0.29, 0.717) is 10.9 Å². The van der Waals surface area contributed by atoms with Gasteiger partial charge in [-0.15, -0.1) is 10.2 Å². The van der Waals surface area contributed by atoms with Crippen molar-refractivity contribution in [1.29, 1.82) is 0 Å². The molecule has 9 heteroatoms. The Labute approximate surface area is 175 Å². The largest absolute Gasteiger partial charge is 0.496 e. The molecule has 3 aromatic rings. The molecule has 1 aromatic heterocycles. The molecule has 1 heterocycles. The van der Waals surface area contributed by atoms with Gasteiger partial charge in [-0.2, -0.15) is 5.10 Å². The molecule has 144 valence electrons. The van der Waals surface area contributed by atoms with Crippen LogP contribution in [0.2, 0.25) is 0 Å². The number of thioether (sulfide) groups is 1. The van der Waals surface area contributed by atoms with Crippen molar-refractivity contribution in [2.24, 2.45) is 12.1 Å². The Bertz CT molecular complexity index is 1010. The van der Waals surface area contributed by atoms with Crippen molar-refractivity contribution in [2.45, 2.75) is 5.16 Å². The molecule has 0 spiro atoms. The lowest BCUT2D eigenvalue weighted by molar-refractivity contribution is -0.118. The Morgan fingerprint density at radius 2 is 2.11 bits per heavy atom. The molecule has 0 aliphatic carbocycles. The minimum absolute atomic E-state index is 0.174. The van der Waals surface area contributed by atoms with Crippen LogP contribution >= 0.6 is 27.7 Å². The zero-order valence-electron chi connectivity index (χ0n) is 15.3. The fraction of sp³-hybridized carbons (Fsp3) is 0.158. The van der Waals surface area contributed by atoms with Crippen molar-refractivity contribution in [1.82, 2.24) is 20.2 Å². The van der Waals surface area contributed by atoms with E-state index in [2.05, 4.69) is 36.7 Å². The van der Waals surface area contributed by atoms with E-state index in [0.717, 1.165) is 21.4 Å². The van der Waals surface area contributed by atoms with Crippen LogP contribution in [0.4, 0.5) is 0 Å². The Morgan fingerprint density at radius 1 is 1.29 bits per heavy atom. The number of benzene rings is 2. The Morgan fingerprint density at radius 3 is 2.89 bits per heavy atom. The fourth-order valence-corrected chi connectivity index (χ4v) is 3.53. The molecule has 0 aliphatic heterocycles. The Balaban J connectivity index is 1.57. The predicted octanol–water partition coefficient (Wildman–Crippen LogP) is 3.50. The van der Waals surface area contributed by atoms with Crippen molar-refractivity contribution in [3.8, 4) is 17.1 Å². The van der Waals surface area contributed by atoms with E-state index >= 15 is 0 Å². The summed E-state index contributed by atoms with van der Waals surface area (Å²) in [4.78, 5) is 12.1. The summed E-state index contributed by atoms with van der Waals surface area (Å²) in [7, 11) is 3.46. The van der Waals surface area contributed by atoms with Gasteiger partial charge in [-0.3, -0.25) is 4.79 Å². The normalized spacial score (nSPS) is 11.0. The highest BCUT2D eigenvalue weighted by atomic mass is 79.9. The number of amides is 1. The Kier molecular flexibility index (Phi) is 6.83. The maximum Gasteiger partial charge on any atom is 0.250 e. The molecule has 1 amide bonds. The van der Waals surface area contributed by atoms with Gasteiger partial charge in [0, 0.05) is 22.6 Å². The summed E-state index contributed by atoms with van der Waals surface area (Å²) in [6, 6.07) is 15.2. The number of nitrogens with one attached hydrogen (secondary N) is 1. The van der Waals surface area contributed by atoms with Gasteiger partial charge < -0.3 is 9.30 Å². The van der Waals surface area contributed by atoms with Crippen LogP contribution in [-0.2, 0) is 11.8 Å². The van der Waals surface area contributed by atoms with Gasteiger partial charge in [0.15, 0.2) is 11.0 Å². The number of aromatic nitrogens is 3. The average molecular weight is 460 g/mol. The third-order valence-corrected chi connectivity index (χ3v) is 5.30. The van der Waals surface area contributed by atoms with Gasteiger partial charge in [0.05, 0.1) is 19.1 Å². The number of ether oxygens (including phenoxy) is 1. The van der Waals surface area contributed by atoms with Gasteiger partial charge in [0.25, 0.3) is 5.91 Å². The second-order valence-corrected chi connectivity index (χ2v) is 7.56. The lowest BCUT2D eigenvalue weighted by Gasteiger charge is -2.04. The van der Waals surface area contributed by atoms with E-state index in [1.165, 1.54) is 11.8 Å². The quantitative estimate of drug-likeness (QED) is 0.332. The average Bonchev–Trinajstić information content (AvgIpc) is 3.07. The molecule has 0 aliphatic rings. The van der Waals surface area contributed by atoms with E-state index in [-0.39, 0.29) is 11.7 Å². The number of hydrogen-bond acceptors (Lipinski definition) is 6. The first-order chi connectivity index (χ1) is 13.6. The number of hydrogen-bond donors (Lipinski definition) is 1. The van der Waals surface area contributed by atoms with Crippen LogP contribution in [0.3, 0.4) is 0 Å². The molecule has 0 atom stereocenters. The molecular weight excluding hydrogens is 442 g/mol. The first-order valence-electron chi connectivity index (χ1n) is 8.31. The monoisotopic (exact) mass is 459 g/mol. The van der Waals surface area contributed by atoms with Crippen molar-refractivity contribution < 1.29 is 9.53 Å². The number of carbonyl (C=O) groups excluding carboxylic acids is 1. The molecule has 7 nitrogen and oxygen atoms in total. The number of nitrogens with zero attached hydrogens (tertiary/aromatic N) is 4. The molecule has 1 N–H and O–H groups in total. The van der Waals surface area contributed by atoms with Crippen LogP contribution in [0.15, 0.2) is 63.3 Å². The molecular formula is C19H18BrN5O2S. The van der Waals surface area contributed by atoms with E-state index < -0.39 is 0 Å². The van der Waals surface area contributed by atoms with Gasteiger partial charge in [0.2, 0.25) is 0 Å². The number of methoxy groups -OCH3 is 1. The van der Waals surface area contributed by atoms with Gasteiger partial charge in [0.1, 0.15) is 5.75 Å². The van der Waals surface area contributed by atoms with Gasteiger partial charge in [-0.05, 0) is 24.3 Å². The van der Waals surface area contributed by atoms with Crippen molar-refractivity contribution >= 4 is 39.8 Å². The standard InChI is InChI=1S/C19H18BrN5O2S/c1-25-18(13-7-5-8-15(20)10-13)23-24-19(25)28-12-17(26)22-21-11-14-6-3-4-9-16(14)27-2/h3-11H,12H2,1-2H3,(H,22,26)/b21-11+. The zero-order chi connectivity index (χ0) is 19.9. The molecule has 0 unspecified atom stereocenters. The summed E-state index contributed by atoms with van der Waals surface area (Å²) in [6.07, 6.45) is 1.55. The summed E-state index contributed by atoms with van der Waals surface area (Å²) in [6.45, 7) is 0. The maximum absolute atomic E-state index is 12.1. The maximum atomic E-state index is 12.1. The van der Waals surface area contributed by atoms with Crippen LogP contribution in [-0.4, -0.2) is 39.7 Å². The summed E-state index contributed by atoms with van der Waals surface area (Å²) in [5, 5.41) is 13.0. The van der Waals surface area contributed by atoms with Gasteiger partial charge >= 0.3 is 0 Å². The van der Waals surface area contributed by atoms with Gasteiger partial charge in [-0.1, -0.05) is 52.0 Å². The molecule has 3 rings (SSSR count). The first-order valence-corrected chi connectivity index (χ1v) is 10.1.